The van der Waals surface area contributed by atoms with Crippen LogP contribution in [0.2, 0.25) is 0 Å². The Kier molecular flexibility index (Phi) is 11.7. The maximum absolute atomic E-state index is 5.93. The number of hydrogen-bond donors (Lipinski definition) is 1. The van der Waals surface area contributed by atoms with Gasteiger partial charge in [0, 0.05) is 58.3 Å². The molecule has 0 bridgehead atoms. The lowest BCUT2D eigenvalue weighted by molar-refractivity contribution is 0.00992. The molecule has 1 aliphatic rings. The SMILES string of the molecule is CN=C(NCCc1sc(C)nc1C)N1CCC(OCCCOC)CC1.I. The fourth-order valence-electron chi connectivity index (χ4n) is 3.11. The second-order valence-corrected chi connectivity index (χ2v) is 7.66. The molecule has 0 unspecified atom stereocenters. The van der Waals surface area contributed by atoms with Crippen molar-refractivity contribution in [2.24, 2.45) is 4.99 Å². The molecule has 1 fully saturated rings. The third-order valence-corrected chi connectivity index (χ3v) is 5.57. The molecule has 1 aliphatic heterocycles. The Labute approximate surface area is 178 Å². The monoisotopic (exact) mass is 496 g/mol. The van der Waals surface area contributed by atoms with E-state index in [0.717, 1.165) is 75.2 Å². The summed E-state index contributed by atoms with van der Waals surface area (Å²) in [6.07, 6.45) is 4.45. The smallest absolute Gasteiger partial charge is 0.193 e. The van der Waals surface area contributed by atoms with Gasteiger partial charge in [-0.25, -0.2) is 4.98 Å². The summed E-state index contributed by atoms with van der Waals surface area (Å²) in [5, 5.41) is 4.64. The van der Waals surface area contributed by atoms with Gasteiger partial charge < -0.3 is 19.7 Å². The highest BCUT2D eigenvalue weighted by atomic mass is 127. The van der Waals surface area contributed by atoms with Crippen LogP contribution < -0.4 is 5.32 Å². The Morgan fingerprint density at radius 3 is 2.62 bits per heavy atom. The van der Waals surface area contributed by atoms with Crippen molar-refractivity contribution in [1.29, 1.82) is 0 Å². The second kappa shape index (κ2) is 12.9. The molecule has 26 heavy (non-hydrogen) atoms. The highest BCUT2D eigenvalue weighted by molar-refractivity contribution is 14.0. The van der Waals surface area contributed by atoms with Gasteiger partial charge in [0.05, 0.1) is 16.8 Å². The molecule has 8 heteroatoms. The van der Waals surface area contributed by atoms with Crippen molar-refractivity contribution < 1.29 is 9.47 Å². The molecular formula is C18H33IN4O2S. The number of hydrogen-bond acceptors (Lipinski definition) is 5. The summed E-state index contributed by atoms with van der Waals surface area (Å²) in [5.41, 5.74) is 1.16. The number of guanidine groups is 1. The molecule has 1 aromatic heterocycles. The van der Waals surface area contributed by atoms with Crippen LogP contribution in [0.1, 0.15) is 34.8 Å². The van der Waals surface area contributed by atoms with Crippen LogP contribution in [0.4, 0.5) is 0 Å². The van der Waals surface area contributed by atoms with Gasteiger partial charge in [-0.05, 0) is 33.1 Å². The first-order valence-electron chi connectivity index (χ1n) is 9.13. The number of aryl methyl sites for hydroxylation is 2. The molecule has 0 atom stereocenters. The van der Waals surface area contributed by atoms with Crippen LogP contribution >= 0.6 is 35.3 Å². The molecule has 2 heterocycles. The van der Waals surface area contributed by atoms with E-state index in [-0.39, 0.29) is 24.0 Å². The molecule has 0 aromatic carbocycles. The lowest BCUT2D eigenvalue weighted by atomic mass is 10.1. The number of piperidine rings is 1. The number of ether oxygens (including phenoxy) is 2. The van der Waals surface area contributed by atoms with Crippen molar-refractivity contribution in [3.8, 4) is 0 Å². The summed E-state index contributed by atoms with van der Waals surface area (Å²) in [5.74, 6) is 0.997. The quantitative estimate of drug-likeness (QED) is 0.260. The van der Waals surface area contributed by atoms with E-state index in [1.165, 1.54) is 4.88 Å². The number of aromatic nitrogens is 1. The minimum atomic E-state index is 0. The second-order valence-electron chi connectivity index (χ2n) is 6.37. The number of halogens is 1. The molecule has 1 aromatic rings. The van der Waals surface area contributed by atoms with Gasteiger partial charge in [-0.15, -0.1) is 35.3 Å². The van der Waals surface area contributed by atoms with Gasteiger partial charge in [0.1, 0.15) is 0 Å². The molecule has 6 nitrogen and oxygen atoms in total. The fraction of sp³-hybridized carbons (Fsp3) is 0.778. The van der Waals surface area contributed by atoms with Crippen molar-refractivity contribution in [2.45, 2.75) is 45.6 Å². The van der Waals surface area contributed by atoms with Gasteiger partial charge in [0.25, 0.3) is 0 Å². The number of rotatable bonds is 8. The van der Waals surface area contributed by atoms with Crippen molar-refractivity contribution in [1.82, 2.24) is 15.2 Å². The third kappa shape index (κ3) is 7.66. The van der Waals surface area contributed by atoms with Gasteiger partial charge in [-0.1, -0.05) is 0 Å². The van der Waals surface area contributed by atoms with Crippen LogP contribution in [0.3, 0.4) is 0 Å². The van der Waals surface area contributed by atoms with Gasteiger partial charge in [0.2, 0.25) is 0 Å². The number of nitrogens with zero attached hydrogens (tertiary/aromatic N) is 3. The molecular weight excluding hydrogens is 463 g/mol. The molecule has 150 valence electrons. The van der Waals surface area contributed by atoms with Crippen molar-refractivity contribution >= 4 is 41.3 Å². The third-order valence-electron chi connectivity index (χ3n) is 4.43. The Morgan fingerprint density at radius 2 is 2.04 bits per heavy atom. The van der Waals surface area contributed by atoms with E-state index in [2.05, 4.69) is 34.0 Å². The van der Waals surface area contributed by atoms with E-state index in [1.807, 2.05) is 7.05 Å². The first-order chi connectivity index (χ1) is 12.1. The zero-order valence-electron chi connectivity index (χ0n) is 16.4. The summed E-state index contributed by atoms with van der Waals surface area (Å²) in [4.78, 5) is 12.6. The summed E-state index contributed by atoms with van der Waals surface area (Å²) in [6, 6.07) is 0. The van der Waals surface area contributed by atoms with Crippen LogP contribution in [-0.2, 0) is 15.9 Å². The summed E-state index contributed by atoms with van der Waals surface area (Å²) >= 11 is 1.79. The number of thiazole rings is 1. The van der Waals surface area contributed by atoms with Gasteiger partial charge in [-0.3, -0.25) is 4.99 Å². The largest absolute Gasteiger partial charge is 0.385 e. The molecule has 0 aliphatic carbocycles. The van der Waals surface area contributed by atoms with Crippen molar-refractivity contribution in [3.05, 3.63) is 15.6 Å². The van der Waals surface area contributed by atoms with Crippen molar-refractivity contribution in [2.75, 3.05) is 47.0 Å². The van der Waals surface area contributed by atoms with Crippen LogP contribution in [-0.4, -0.2) is 69.0 Å². The Bertz CT molecular complexity index is 545. The van der Waals surface area contributed by atoms with Gasteiger partial charge >= 0.3 is 0 Å². The van der Waals surface area contributed by atoms with Crippen LogP contribution in [0.15, 0.2) is 4.99 Å². The highest BCUT2D eigenvalue weighted by Crippen LogP contribution is 2.17. The maximum atomic E-state index is 5.93. The average molecular weight is 496 g/mol. The molecule has 1 N–H and O–H groups in total. The van der Waals surface area contributed by atoms with E-state index < -0.39 is 0 Å². The molecule has 0 amide bonds. The topological polar surface area (TPSA) is 59.0 Å². The number of aliphatic imine (C=N–C) groups is 1. The number of methoxy groups -OCH3 is 1. The van der Waals surface area contributed by atoms with Crippen molar-refractivity contribution in [3.63, 3.8) is 0 Å². The van der Waals surface area contributed by atoms with Gasteiger partial charge in [-0.2, -0.15) is 0 Å². The molecule has 0 radical (unpaired) electrons. The molecule has 0 saturated carbocycles. The summed E-state index contributed by atoms with van der Waals surface area (Å²) in [7, 11) is 3.59. The summed E-state index contributed by atoms with van der Waals surface area (Å²) in [6.45, 7) is 8.59. The Balaban J connectivity index is 0.00000338. The van der Waals surface area contributed by atoms with E-state index >= 15 is 0 Å². The first-order valence-corrected chi connectivity index (χ1v) is 9.94. The molecule has 0 spiro atoms. The zero-order valence-corrected chi connectivity index (χ0v) is 19.6. The lowest BCUT2D eigenvalue weighted by Gasteiger charge is -2.34. The summed E-state index contributed by atoms with van der Waals surface area (Å²) < 4.78 is 11.0. The first kappa shape index (κ1) is 23.6. The molecule has 1 saturated heterocycles. The minimum Gasteiger partial charge on any atom is -0.385 e. The lowest BCUT2D eigenvalue weighted by Crippen LogP contribution is -2.47. The zero-order chi connectivity index (χ0) is 18.1. The molecule has 2 rings (SSSR count). The van der Waals surface area contributed by atoms with E-state index in [1.54, 1.807) is 18.4 Å². The van der Waals surface area contributed by atoms with Crippen LogP contribution in [0.25, 0.3) is 0 Å². The van der Waals surface area contributed by atoms with Crippen LogP contribution in [0, 0.1) is 13.8 Å². The average Bonchev–Trinajstić information content (AvgIpc) is 2.94. The minimum absolute atomic E-state index is 0. The van der Waals surface area contributed by atoms with Gasteiger partial charge in [0.15, 0.2) is 5.96 Å². The normalized spacial score (nSPS) is 15.8. The van der Waals surface area contributed by atoms with E-state index in [4.69, 9.17) is 9.47 Å². The fourth-order valence-corrected chi connectivity index (χ4v) is 4.05. The highest BCUT2D eigenvalue weighted by Gasteiger charge is 2.21. The maximum Gasteiger partial charge on any atom is 0.193 e. The predicted octanol–water partition coefficient (Wildman–Crippen LogP) is 3.01. The number of likely N-dealkylation sites (tertiary alicyclic amines) is 1. The van der Waals surface area contributed by atoms with Crippen LogP contribution in [0.5, 0.6) is 0 Å². The van der Waals surface area contributed by atoms with E-state index in [0.29, 0.717) is 6.10 Å². The predicted molar refractivity (Wildman–Crippen MR) is 119 cm³/mol. The Morgan fingerprint density at radius 1 is 1.31 bits per heavy atom. The standard InChI is InChI=1S/C18H32N4O2S.HI/c1-14-17(25-15(2)21-14)6-9-20-18(19-3)22-10-7-16(8-11-22)24-13-5-12-23-4;/h16H,5-13H2,1-4H3,(H,19,20);1H. The Hall–Kier alpha value is -0.450. The number of nitrogens with one attached hydrogen (secondary N) is 1. The van der Waals surface area contributed by atoms with E-state index in [9.17, 15) is 0 Å².